The third-order valence-electron chi connectivity index (χ3n) is 3.15. The maximum atomic E-state index is 3.99. The monoisotopic (exact) mass is 205 g/mol. The van der Waals surface area contributed by atoms with Crippen molar-refractivity contribution in [2.75, 3.05) is 6.54 Å². The Labute approximate surface area is 91.3 Å². The smallest absolute Gasteiger partial charge is 0.115 e. The zero-order valence-corrected chi connectivity index (χ0v) is 9.15. The standard InChI is InChI=1S/C12H19N3/c1-2-4-11(3-1)5-6-13-7-12-8-14-10-15-9-12/h8-11,13H,1-7H2. The van der Waals surface area contributed by atoms with Crippen molar-refractivity contribution in [2.24, 2.45) is 5.92 Å². The third kappa shape index (κ3) is 3.59. The minimum Gasteiger partial charge on any atom is -0.313 e. The van der Waals surface area contributed by atoms with E-state index in [9.17, 15) is 0 Å². The molecular formula is C12H19N3. The van der Waals surface area contributed by atoms with Gasteiger partial charge in [0.15, 0.2) is 0 Å². The van der Waals surface area contributed by atoms with Crippen LogP contribution >= 0.6 is 0 Å². The average Bonchev–Trinajstić information content (AvgIpc) is 2.79. The highest BCUT2D eigenvalue weighted by molar-refractivity contribution is 5.01. The molecule has 0 aliphatic heterocycles. The van der Waals surface area contributed by atoms with Gasteiger partial charge in [0.05, 0.1) is 0 Å². The van der Waals surface area contributed by atoms with E-state index in [-0.39, 0.29) is 0 Å². The maximum absolute atomic E-state index is 3.99. The van der Waals surface area contributed by atoms with Crippen molar-refractivity contribution in [3.63, 3.8) is 0 Å². The Kier molecular flexibility index (Phi) is 4.09. The summed E-state index contributed by atoms with van der Waals surface area (Å²) >= 11 is 0. The summed E-state index contributed by atoms with van der Waals surface area (Å²) in [5.74, 6) is 0.976. The molecule has 0 amide bonds. The molecule has 1 aromatic rings. The highest BCUT2D eigenvalue weighted by atomic mass is 14.9. The zero-order chi connectivity index (χ0) is 10.3. The van der Waals surface area contributed by atoms with Crippen LogP contribution in [0.5, 0.6) is 0 Å². The normalized spacial score (nSPS) is 17.1. The van der Waals surface area contributed by atoms with Gasteiger partial charge in [-0.3, -0.25) is 0 Å². The molecule has 0 atom stereocenters. The molecule has 15 heavy (non-hydrogen) atoms. The fourth-order valence-electron chi connectivity index (χ4n) is 2.26. The van der Waals surface area contributed by atoms with Gasteiger partial charge in [0.2, 0.25) is 0 Å². The molecule has 0 saturated heterocycles. The zero-order valence-electron chi connectivity index (χ0n) is 9.15. The highest BCUT2D eigenvalue weighted by Crippen LogP contribution is 2.26. The van der Waals surface area contributed by atoms with Crippen LogP contribution in [0.2, 0.25) is 0 Å². The van der Waals surface area contributed by atoms with E-state index in [2.05, 4.69) is 15.3 Å². The first-order valence-electron chi connectivity index (χ1n) is 5.90. The van der Waals surface area contributed by atoms with E-state index >= 15 is 0 Å². The van der Waals surface area contributed by atoms with Crippen LogP contribution in [0, 0.1) is 5.92 Å². The molecule has 82 valence electrons. The second kappa shape index (κ2) is 5.81. The Bertz CT molecular complexity index is 267. The molecule has 0 unspecified atom stereocenters. The Hall–Kier alpha value is -0.960. The average molecular weight is 205 g/mol. The van der Waals surface area contributed by atoms with Crippen molar-refractivity contribution in [3.05, 3.63) is 24.3 Å². The number of hydrogen-bond acceptors (Lipinski definition) is 3. The molecule has 1 aliphatic rings. The summed E-state index contributed by atoms with van der Waals surface area (Å²) in [7, 11) is 0. The van der Waals surface area contributed by atoms with Crippen molar-refractivity contribution in [3.8, 4) is 0 Å². The van der Waals surface area contributed by atoms with Gasteiger partial charge in [-0.25, -0.2) is 9.97 Å². The molecule has 0 bridgehead atoms. The second-order valence-corrected chi connectivity index (χ2v) is 4.36. The van der Waals surface area contributed by atoms with Crippen LogP contribution in [0.25, 0.3) is 0 Å². The molecule has 1 aromatic heterocycles. The molecule has 3 heteroatoms. The lowest BCUT2D eigenvalue weighted by atomic mass is 10.0. The minimum atomic E-state index is 0.896. The number of rotatable bonds is 5. The molecule has 1 fully saturated rings. The van der Waals surface area contributed by atoms with Gasteiger partial charge in [0.1, 0.15) is 6.33 Å². The third-order valence-corrected chi connectivity index (χ3v) is 3.15. The van der Waals surface area contributed by atoms with Crippen LogP contribution in [-0.2, 0) is 6.54 Å². The van der Waals surface area contributed by atoms with E-state index in [4.69, 9.17) is 0 Å². The van der Waals surface area contributed by atoms with Gasteiger partial charge >= 0.3 is 0 Å². The van der Waals surface area contributed by atoms with Gasteiger partial charge in [-0.2, -0.15) is 0 Å². The lowest BCUT2D eigenvalue weighted by molar-refractivity contribution is 0.477. The van der Waals surface area contributed by atoms with Crippen molar-refractivity contribution in [1.29, 1.82) is 0 Å². The van der Waals surface area contributed by atoms with Gasteiger partial charge < -0.3 is 5.32 Å². The summed E-state index contributed by atoms with van der Waals surface area (Å²) < 4.78 is 0. The van der Waals surface area contributed by atoms with Gasteiger partial charge in [0.25, 0.3) is 0 Å². The molecule has 0 aromatic carbocycles. The Morgan fingerprint density at radius 2 is 1.93 bits per heavy atom. The lowest BCUT2D eigenvalue weighted by Crippen LogP contribution is -2.17. The van der Waals surface area contributed by atoms with Gasteiger partial charge in [-0.1, -0.05) is 25.7 Å². The van der Waals surface area contributed by atoms with Gasteiger partial charge in [-0.05, 0) is 18.9 Å². The van der Waals surface area contributed by atoms with Gasteiger partial charge in [-0.15, -0.1) is 0 Å². The van der Waals surface area contributed by atoms with Gasteiger partial charge in [0, 0.05) is 24.5 Å². The van der Waals surface area contributed by atoms with Crippen molar-refractivity contribution in [2.45, 2.75) is 38.6 Å². The quantitative estimate of drug-likeness (QED) is 0.748. The summed E-state index contributed by atoms with van der Waals surface area (Å²) in [6, 6.07) is 0. The van der Waals surface area contributed by atoms with Crippen molar-refractivity contribution < 1.29 is 0 Å². The van der Waals surface area contributed by atoms with Crippen LogP contribution in [0.4, 0.5) is 0 Å². The van der Waals surface area contributed by atoms with E-state index in [0.29, 0.717) is 0 Å². The highest BCUT2D eigenvalue weighted by Gasteiger charge is 2.13. The first kappa shape index (κ1) is 10.6. The molecule has 0 radical (unpaired) electrons. The number of nitrogens with zero attached hydrogens (tertiary/aromatic N) is 2. The first-order chi connectivity index (χ1) is 7.45. The Balaban J connectivity index is 1.59. The fraction of sp³-hybridized carbons (Fsp3) is 0.667. The number of nitrogens with one attached hydrogen (secondary N) is 1. The predicted octanol–water partition coefficient (Wildman–Crippen LogP) is 2.15. The van der Waals surface area contributed by atoms with Crippen molar-refractivity contribution in [1.82, 2.24) is 15.3 Å². The summed E-state index contributed by atoms with van der Waals surface area (Å²) in [5, 5.41) is 3.45. The molecule has 1 heterocycles. The largest absolute Gasteiger partial charge is 0.313 e. The molecule has 0 spiro atoms. The molecule has 1 saturated carbocycles. The van der Waals surface area contributed by atoms with Crippen LogP contribution in [-0.4, -0.2) is 16.5 Å². The molecule has 3 nitrogen and oxygen atoms in total. The maximum Gasteiger partial charge on any atom is 0.115 e. The second-order valence-electron chi connectivity index (χ2n) is 4.36. The molecular weight excluding hydrogens is 186 g/mol. The predicted molar refractivity (Wildman–Crippen MR) is 60.3 cm³/mol. The Morgan fingerprint density at radius 3 is 2.67 bits per heavy atom. The van der Waals surface area contributed by atoms with Crippen LogP contribution in [0.3, 0.4) is 0 Å². The number of hydrogen-bond donors (Lipinski definition) is 1. The lowest BCUT2D eigenvalue weighted by Gasteiger charge is -2.09. The van der Waals surface area contributed by atoms with E-state index in [0.717, 1.165) is 19.0 Å². The van der Waals surface area contributed by atoms with E-state index < -0.39 is 0 Å². The van der Waals surface area contributed by atoms with E-state index in [1.807, 2.05) is 12.4 Å². The summed E-state index contributed by atoms with van der Waals surface area (Å²) in [6.07, 6.45) is 12.4. The fourth-order valence-corrected chi connectivity index (χ4v) is 2.26. The van der Waals surface area contributed by atoms with Crippen molar-refractivity contribution >= 4 is 0 Å². The minimum absolute atomic E-state index is 0.896. The summed E-state index contributed by atoms with van der Waals surface area (Å²) in [6.45, 7) is 2.02. The van der Waals surface area contributed by atoms with Crippen LogP contribution < -0.4 is 5.32 Å². The summed E-state index contributed by atoms with van der Waals surface area (Å²) in [4.78, 5) is 7.98. The molecule has 1 aliphatic carbocycles. The van der Waals surface area contributed by atoms with E-state index in [1.165, 1.54) is 37.7 Å². The van der Waals surface area contributed by atoms with Crippen LogP contribution in [0.1, 0.15) is 37.7 Å². The molecule has 1 N–H and O–H groups in total. The first-order valence-corrected chi connectivity index (χ1v) is 5.90. The summed E-state index contributed by atoms with van der Waals surface area (Å²) in [5.41, 5.74) is 1.17. The number of aromatic nitrogens is 2. The van der Waals surface area contributed by atoms with E-state index in [1.54, 1.807) is 6.33 Å². The molecule has 2 rings (SSSR count). The Morgan fingerprint density at radius 1 is 1.20 bits per heavy atom. The topological polar surface area (TPSA) is 37.8 Å². The SMILES string of the molecule is c1ncc(CNCCC2CCCC2)cn1. The van der Waals surface area contributed by atoms with Crippen LogP contribution in [0.15, 0.2) is 18.7 Å².